The molecule has 1 aliphatic rings. The molecule has 1 fully saturated rings. The summed E-state index contributed by atoms with van der Waals surface area (Å²) in [6, 6.07) is -2.04. The number of carbonyl (C=O) groups excluding carboxylic acids is 1. The Kier molecular flexibility index (Phi) is 3.44. The molecule has 1 amide bonds. The molecule has 0 aromatic heterocycles. The first kappa shape index (κ1) is 12.8. The molecule has 4 nitrogen and oxygen atoms in total. The van der Waals surface area contributed by atoms with Crippen molar-refractivity contribution in [3.8, 4) is 0 Å². The Bertz CT molecular complexity index is 299. The number of rotatable bonds is 3. The molecule has 1 atom stereocenters. The van der Waals surface area contributed by atoms with E-state index in [1.54, 1.807) is 0 Å². The largest absolute Gasteiger partial charge is 0.480 e. The highest BCUT2D eigenvalue weighted by atomic mass is 19.4. The van der Waals surface area contributed by atoms with Gasteiger partial charge in [-0.05, 0) is 26.2 Å². The molecule has 1 aliphatic carbocycles. The average Bonchev–Trinajstić information content (AvgIpc) is 2.06. The van der Waals surface area contributed by atoms with Gasteiger partial charge < -0.3 is 10.0 Å². The van der Waals surface area contributed by atoms with Crippen LogP contribution in [-0.4, -0.2) is 40.1 Å². The predicted molar refractivity (Wildman–Crippen MR) is 47.6 cm³/mol. The summed E-state index contributed by atoms with van der Waals surface area (Å²) >= 11 is 0. The van der Waals surface area contributed by atoms with E-state index >= 15 is 0 Å². The van der Waals surface area contributed by atoms with Gasteiger partial charge in [0.1, 0.15) is 6.04 Å². The van der Waals surface area contributed by atoms with Crippen LogP contribution in [0, 0.1) is 0 Å². The third-order valence-electron chi connectivity index (χ3n) is 2.72. The van der Waals surface area contributed by atoms with Crippen LogP contribution in [0.15, 0.2) is 0 Å². The molecule has 0 heterocycles. The van der Waals surface area contributed by atoms with Gasteiger partial charge in [0.25, 0.3) is 0 Å². The molecule has 1 unspecified atom stereocenters. The fourth-order valence-electron chi connectivity index (χ4n) is 1.59. The molecule has 7 heteroatoms. The van der Waals surface area contributed by atoms with Gasteiger partial charge in [-0.2, -0.15) is 13.2 Å². The normalized spacial score (nSPS) is 18.8. The number of carboxylic acid groups (broad SMARTS) is 1. The molecular formula is C9H12F3NO3. The van der Waals surface area contributed by atoms with Crippen LogP contribution in [0.25, 0.3) is 0 Å². The van der Waals surface area contributed by atoms with Crippen molar-refractivity contribution in [2.75, 3.05) is 0 Å². The van der Waals surface area contributed by atoms with Gasteiger partial charge in [0.15, 0.2) is 0 Å². The second-order valence-electron chi connectivity index (χ2n) is 3.81. The van der Waals surface area contributed by atoms with Crippen molar-refractivity contribution in [3.05, 3.63) is 0 Å². The Hall–Kier alpha value is -1.27. The molecule has 0 bridgehead atoms. The molecule has 1 N–H and O–H groups in total. The van der Waals surface area contributed by atoms with Crippen LogP contribution in [0.3, 0.4) is 0 Å². The number of amides is 1. The molecule has 16 heavy (non-hydrogen) atoms. The summed E-state index contributed by atoms with van der Waals surface area (Å²) in [4.78, 5) is 22.2. The van der Waals surface area contributed by atoms with E-state index in [-0.39, 0.29) is 0 Å². The lowest BCUT2D eigenvalue weighted by molar-refractivity contribution is -0.194. The number of aliphatic carboxylic acids is 1. The first-order valence-corrected chi connectivity index (χ1v) is 4.87. The van der Waals surface area contributed by atoms with Gasteiger partial charge in [-0.3, -0.25) is 4.79 Å². The van der Waals surface area contributed by atoms with Crippen molar-refractivity contribution in [1.82, 2.24) is 4.90 Å². The lowest BCUT2D eigenvalue weighted by atomic mass is 9.90. The minimum Gasteiger partial charge on any atom is -0.480 e. The Morgan fingerprint density at radius 1 is 1.38 bits per heavy atom. The van der Waals surface area contributed by atoms with Gasteiger partial charge >= 0.3 is 18.1 Å². The number of hydrogen-bond donors (Lipinski definition) is 1. The van der Waals surface area contributed by atoms with Crippen molar-refractivity contribution in [3.63, 3.8) is 0 Å². The number of carbonyl (C=O) groups is 2. The molecule has 1 rings (SSSR count). The second-order valence-corrected chi connectivity index (χ2v) is 3.81. The minimum atomic E-state index is -5.01. The van der Waals surface area contributed by atoms with E-state index in [4.69, 9.17) is 5.11 Å². The molecule has 0 aliphatic heterocycles. The molecule has 0 radical (unpaired) electrons. The van der Waals surface area contributed by atoms with Gasteiger partial charge in [0, 0.05) is 6.04 Å². The van der Waals surface area contributed by atoms with E-state index in [0.29, 0.717) is 17.7 Å². The van der Waals surface area contributed by atoms with Gasteiger partial charge in [-0.1, -0.05) is 0 Å². The first-order valence-electron chi connectivity index (χ1n) is 4.87. The minimum absolute atomic E-state index is 0.430. The number of alkyl halides is 3. The zero-order chi connectivity index (χ0) is 12.5. The molecule has 92 valence electrons. The zero-order valence-electron chi connectivity index (χ0n) is 8.62. The van der Waals surface area contributed by atoms with Crippen molar-refractivity contribution in [1.29, 1.82) is 0 Å². The molecule has 0 saturated heterocycles. The Balaban J connectivity index is 2.87. The highest BCUT2D eigenvalue weighted by Crippen LogP contribution is 2.30. The fraction of sp³-hybridized carbons (Fsp3) is 0.778. The molecular weight excluding hydrogens is 227 g/mol. The third-order valence-corrected chi connectivity index (χ3v) is 2.72. The molecule has 0 aromatic rings. The van der Waals surface area contributed by atoms with Crippen LogP contribution in [0.1, 0.15) is 26.2 Å². The van der Waals surface area contributed by atoms with Crippen molar-refractivity contribution >= 4 is 11.9 Å². The summed E-state index contributed by atoms with van der Waals surface area (Å²) in [7, 11) is 0. The van der Waals surface area contributed by atoms with Gasteiger partial charge in [-0.15, -0.1) is 0 Å². The van der Waals surface area contributed by atoms with Gasteiger partial charge in [-0.25, -0.2) is 4.79 Å². The first-order chi connectivity index (χ1) is 7.25. The maximum atomic E-state index is 12.3. The van der Waals surface area contributed by atoms with Gasteiger partial charge in [0.2, 0.25) is 0 Å². The highest BCUT2D eigenvalue weighted by Gasteiger charge is 2.48. The van der Waals surface area contributed by atoms with Crippen LogP contribution >= 0.6 is 0 Å². The van der Waals surface area contributed by atoms with E-state index in [0.717, 1.165) is 13.3 Å². The molecule has 0 spiro atoms. The van der Waals surface area contributed by atoms with Crippen LogP contribution < -0.4 is 0 Å². The SMILES string of the molecule is CC(C(=O)O)N(C(=O)C(F)(F)F)C1CCC1. The van der Waals surface area contributed by atoms with E-state index < -0.39 is 30.1 Å². The van der Waals surface area contributed by atoms with Crippen molar-refractivity contribution in [2.24, 2.45) is 0 Å². The summed E-state index contributed by atoms with van der Waals surface area (Å²) in [5.74, 6) is -3.49. The Morgan fingerprint density at radius 2 is 1.88 bits per heavy atom. The van der Waals surface area contributed by atoms with Crippen molar-refractivity contribution < 1.29 is 27.9 Å². The lowest BCUT2D eigenvalue weighted by Gasteiger charge is -2.39. The highest BCUT2D eigenvalue weighted by molar-refractivity contribution is 5.87. The second kappa shape index (κ2) is 4.31. The Labute approximate surface area is 90.0 Å². The van der Waals surface area contributed by atoms with Crippen molar-refractivity contribution in [2.45, 2.75) is 44.4 Å². The number of nitrogens with zero attached hydrogens (tertiary/aromatic N) is 1. The summed E-state index contributed by atoms with van der Waals surface area (Å²) in [5, 5.41) is 8.67. The van der Waals surface area contributed by atoms with Crippen LogP contribution in [0.5, 0.6) is 0 Å². The summed E-state index contributed by atoms with van der Waals surface area (Å²) in [6.45, 7) is 1.09. The fourth-order valence-corrected chi connectivity index (χ4v) is 1.59. The van der Waals surface area contributed by atoms with Crippen LogP contribution in [-0.2, 0) is 9.59 Å². The van der Waals surface area contributed by atoms with E-state index in [1.165, 1.54) is 0 Å². The standard InChI is InChI=1S/C9H12F3NO3/c1-5(7(14)15)13(6-3-2-4-6)8(16)9(10,11)12/h5-6H,2-4H2,1H3,(H,14,15). The maximum absolute atomic E-state index is 12.3. The third kappa shape index (κ3) is 2.45. The quantitative estimate of drug-likeness (QED) is 0.809. The smallest absolute Gasteiger partial charge is 0.471 e. The number of halogens is 3. The maximum Gasteiger partial charge on any atom is 0.471 e. The van der Waals surface area contributed by atoms with Crippen LogP contribution in [0.2, 0.25) is 0 Å². The van der Waals surface area contributed by atoms with E-state index in [1.807, 2.05) is 0 Å². The summed E-state index contributed by atoms with van der Waals surface area (Å²) < 4.78 is 36.8. The molecule has 0 aromatic carbocycles. The number of hydrogen-bond acceptors (Lipinski definition) is 2. The topological polar surface area (TPSA) is 57.6 Å². The monoisotopic (exact) mass is 239 g/mol. The van der Waals surface area contributed by atoms with E-state index in [9.17, 15) is 22.8 Å². The number of carboxylic acids is 1. The zero-order valence-corrected chi connectivity index (χ0v) is 8.62. The van der Waals surface area contributed by atoms with E-state index in [2.05, 4.69) is 0 Å². The predicted octanol–water partition coefficient (Wildman–Crippen LogP) is 1.40. The Morgan fingerprint density at radius 3 is 2.12 bits per heavy atom. The molecule has 1 saturated carbocycles. The van der Waals surface area contributed by atoms with Crippen LogP contribution in [0.4, 0.5) is 13.2 Å². The summed E-state index contributed by atoms with van der Waals surface area (Å²) in [6.07, 6.45) is -3.43. The average molecular weight is 239 g/mol. The van der Waals surface area contributed by atoms with Gasteiger partial charge in [0.05, 0.1) is 0 Å². The summed E-state index contributed by atoms with van der Waals surface area (Å²) in [5.41, 5.74) is 0. The lowest BCUT2D eigenvalue weighted by Crippen LogP contribution is -2.55.